The molecule has 29 heavy (non-hydrogen) atoms. The Bertz CT molecular complexity index is 942. The van der Waals surface area contributed by atoms with Gasteiger partial charge < -0.3 is 19.3 Å². The Balaban J connectivity index is 1.41. The van der Waals surface area contributed by atoms with Crippen LogP contribution in [0.1, 0.15) is 5.56 Å². The van der Waals surface area contributed by atoms with E-state index < -0.39 is 5.97 Å². The second-order valence-electron chi connectivity index (χ2n) is 6.19. The first kappa shape index (κ1) is 20.0. The number of phenols is 1. The first-order valence-corrected chi connectivity index (χ1v) is 9.15. The van der Waals surface area contributed by atoms with Crippen molar-refractivity contribution in [2.45, 2.75) is 0 Å². The standard InChI is InChI=1S/C24H22O5/c1-27-22-11-2-18(3-12-22)4-15-24(26)29-17-16-28-23-13-7-20(8-14-23)19-5-9-21(25)10-6-19/h2-15,25H,16-17H2,1H3/b15-4+. The van der Waals surface area contributed by atoms with Gasteiger partial charge in [-0.3, -0.25) is 0 Å². The highest BCUT2D eigenvalue weighted by molar-refractivity contribution is 5.87. The molecule has 0 bridgehead atoms. The summed E-state index contributed by atoms with van der Waals surface area (Å²) >= 11 is 0. The molecule has 3 aromatic carbocycles. The van der Waals surface area contributed by atoms with Crippen molar-refractivity contribution < 1.29 is 24.1 Å². The van der Waals surface area contributed by atoms with Crippen molar-refractivity contribution in [2.24, 2.45) is 0 Å². The maximum Gasteiger partial charge on any atom is 0.330 e. The number of ether oxygens (including phenoxy) is 3. The summed E-state index contributed by atoms with van der Waals surface area (Å²) in [5, 5.41) is 9.35. The van der Waals surface area contributed by atoms with Gasteiger partial charge in [-0.2, -0.15) is 0 Å². The van der Waals surface area contributed by atoms with E-state index in [9.17, 15) is 9.90 Å². The highest BCUT2D eigenvalue weighted by atomic mass is 16.6. The zero-order chi connectivity index (χ0) is 20.5. The predicted molar refractivity (Wildman–Crippen MR) is 112 cm³/mol. The molecular formula is C24H22O5. The predicted octanol–water partition coefficient (Wildman–Crippen LogP) is 4.70. The molecule has 0 atom stereocenters. The van der Waals surface area contributed by atoms with Crippen molar-refractivity contribution in [1.29, 1.82) is 0 Å². The maximum atomic E-state index is 11.8. The van der Waals surface area contributed by atoms with Crippen LogP contribution in [0.4, 0.5) is 0 Å². The molecule has 0 aliphatic carbocycles. The number of hydrogen-bond acceptors (Lipinski definition) is 5. The number of aromatic hydroxyl groups is 1. The highest BCUT2D eigenvalue weighted by Gasteiger charge is 2.01. The Morgan fingerprint density at radius 3 is 2.03 bits per heavy atom. The summed E-state index contributed by atoms with van der Waals surface area (Å²) in [7, 11) is 1.61. The number of methoxy groups -OCH3 is 1. The minimum absolute atomic E-state index is 0.158. The quantitative estimate of drug-likeness (QED) is 0.343. The third-order valence-corrected chi connectivity index (χ3v) is 4.18. The van der Waals surface area contributed by atoms with E-state index in [1.54, 1.807) is 25.3 Å². The fraction of sp³-hybridized carbons (Fsp3) is 0.125. The SMILES string of the molecule is COc1ccc(/C=C/C(=O)OCCOc2ccc(-c3ccc(O)cc3)cc2)cc1. The lowest BCUT2D eigenvalue weighted by molar-refractivity contribution is -0.138. The van der Waals surface area contributed by atoms with E-state index in [0.717, 1.165) is 22.4 Å². The third-order valence-electron chi connectivity index (χ3n) is 4.18. The molecule has 0 aliphatic heterocycles. The number of phenolic OH excluding ortho intramolecular Hbond substituents is 1. The topological polar surface area (TPSA) is 65.0 Å². The minimum Gasteiger partial charge on any atom is -0.508 e. The van der Waals surface area contributed by atoms with Gasteiger partial charge in [0.1, 0.15) is 30.5 Å². The Hall–Kier alpha value is -3.73. The molecule has 0 saturated carbocycles. The molecule has 1 N–H and O–H groups in total. The number of carbonyl (C=O) groups is 1. The first-order chi connectivity index (χ1) is 14.1. The summed E-state index contributed by atoms with van der Waals surface area (Å²) in [6, 6.07) is 21.9. The average Bonchev–Trinajstić information content (AvgIpc) is 2.76. The molecule has 0 heterocycles. The Kier molecular flexibility index (Phi) is 6.90. The van der Waals surface area contributed by atoms with Crippen molar-refractivity contribution in [3.8, 4) is 28.4 Å². The Labute approximate surface area is 169 Å². The number of benzene rings is 3. The molecule has 0 unspecified atom stereocenters. The normalized spacial score (nSPS) is 10.7. The lowest BCUT2D eigenvalue weighted by Gasteiger charge is -2.08. The van der Waals surface area contributed by atoms with Crippen molar-refractivity contribution in [3.05, 3.63) is 84.4 Å². The lowest BCUT2D eigenvalue weighted by atomic mass is 10.1. The van der Waals surface area contributed by atoms with Gasteiger partial charge in [0.05, 0.1) is 7.11 Å². The van der Waals surface area contributed by atoms with Crippen LogP contribution in [-0.2, 0) is 9.53 Å². The molecule has 3 aromatic rings. The molecule has 0 aromatic heterocycles. The van der Waals surface area contributed by atoms with E-state index >= 15 is 0 Å². The second kappa shape index (κ2) is 9.99. The van der Waals surface area contributed by atoms with E-state index in [4.69, 9.17) is 14.2 Å². The summed E-state index contributed by atoms with van der Waals surface area (Å²) in [4.78, 5) is 11.8. The molecular weight excluding hydrogens is 368 g/mol. The summed E-state index contributed by atoms with van der Waals surface area (Å²) in [5.74, 6) is 1.27. The van der Waals surface area contributed by atoms with Crippen molar-refractivity contribution in [1.82, 2.24) is 0 Å². The van der Waals surface area contributed by atoms with E-state index in [-0.39, 0.29) is 19.0 Å². The zero-order valence-electron chi connectivity index (χ0n) is 16.1. The van der Waals surface area contributed by atoms with Crippen LogP contribution in [-0.4, -0.2) is 31.4 Å². The van der Waals surface area contributed by atoms with E-state index in [1.807, 2.05) is 60.7 Å². The molecule has 148 valence electrons. The summed E-state index contributed by atoms with van der Waals surface area (Å²) in [6.45, 7) is 0.423. The zero-order valence-corrected chi connectivity index (χ0v) is 16.1. The Morgan fingerprint density at radius 2 is 1.41 bits per heavy atom. The number of hydrogen-bond donors (Lipinski definition) is 1. The van der Waals surface area contributed by atoms with Crippen molar-refractivity contribution in [2.75, 3.05) is 20.3 Å². The smallest absolute Gasteiger partial charge is 0.330 e. The molecule has 0 fully saturated rings. The molecule has 5 nitrogen and oxygen atoms in total. The molecule has 0 amide bonds. The van der Waals surface area contributed by atoms with Crippen LogP contribution in [0.2, 0.25) is 0 Å². The van der Waals surface area contributed by atoms with Crippen molar-refractivity contribution in [3.63, 3.8) is 0 Å². The molecule has 5 heteroatoms. The lowest BCUT2D eigenvalue weighted by Crippen LogP contribution is -2.10. The fourth-order valence-electron chi connectivity index (χ4n) is 2.63. The van der Waals surface area contributed by atoms with Gasteiger partial charge in [0.15, 0.2) is 0 Å². The number of rotatable bonds is 8. The number of carbonyl (C=O) groups excluding carboxylic acids is 1. The van der Waals surface area contributed by atoms with Gasteiger partial charge in [-0.1, -0.05) is 36.4 Å². The number of esters is 1. The van der Waals surface area contributed by atoms with Gasteiger partial charge in [0.2, 0.25) is 0 Å². The van der Waals surface area contributed by atoms with E-state index in [2.05, 4.69) is 0 Å². The molecule has 3 rings (SSSR count). The highest BCUT2D eigenvalue weighted by Crippen LogP contribution is 2.24. The van der Waals surface area contributed by atoms with Crippen LogP contribution in [0.3, 0.4) is 0 Å². The summed E-state index contributed by atoms with van der Waals surface area (Å²) < 4.78 is 15.8. The monoisotopic (exact) mass is 390 g/mol. The van der Waals surface area contributed by atoms with E-state index in [1.165, 1.54) is 6.08 Å². The Morgan fingerprint density at radius 1 is 0.828 bits per heavy atom. The minimum atomic E-state index is -0.424. The molecule has 0 radical (unpaired) electrons. The average molecular weight is 390 g/mol. The van der Waals surface area contributed by atoms with Crippen LogP contribution in [0.5, 0.6) is 17.2 Å². The van der Waals surface area contributed by atoms with Gasteiger partial charge in [0.25, 0.3) is 0 Å². The van der Waals surface area contributed by atoms with Crippen LogP contribution >= 0.6 is 0 Å². The van der Waals surface area contributed by atoms with Gasteiger partial charge in [-0.25, -0.2) is 4.79 Å². The largest absolute Gasteiger partial charge is 0.508 e. The molecule has 0 spiro atoms. The van der Waals surface area contributed by atoms with Gasteiger partial charge in [-0.05, 0) is 59.2 Å². The van der Waals surface area contributed by atoms with Gasteiger partial charge >= 0.3 is 5.97 Å². The molecule has 0 aliphatic rings. The maximum absolute atomic E-state index is 11.8. The summed E-state index contributed by atoms with van der Waals surface area (Å²) in [5.41, 5.74) is 2.91. The molecule has 0 saturated heterocycles. The van der Waals surface area contributed by atoms with Gasteiger partial charge in [-0.15, -0.1) is 0 Å². The van der Waals surface area contributed by atoms with Crippen LogP contribution in [0, 0.1) is 0 Å². The van der Waals surface area contributed by atoms with Gasteiger partial charge in [0, 0.05) is 6.08 Å². The van der Waals surface area contributed by atoms with Crippen LogP contribution in [0.15, 0.2) is 78.9 Å². The fourth-order valence-corrected chi connectivity index (χ4v) is 2.63. The second-order valence-corrected chi connectivity index (χ2v) is 6.19. The van der Waals surface area contributed by atoms with Crippen LogP contribution in [0.25, 0.3) is 17.2 Å². The van der Waals surface area contributed by atoms with Crippen molar-refractivity contribution >= 4 is 12.0 Å². The van der Waals surface area contributed by atoms with E-state index in [0.29, 0.717) is 5.75 Å². The first-order valence-electron chi connectivity index (χ1n) is 9.15. The third kappa shape index (κ3) is 6.14. The van der Waals surface area contributed by atoms with Crippen LogP contribution < -0.4 is 9.47 Å². The summed E-state index contributed by atoms with van der Waals surface area (Å²) in [6.07, 6.45) is 3.07.